The van der Waals surface area contributed by atoms with E-state index in [-0.39, 0.29) is 0 Å². The van der Waals surface area contributed by atoms with Gasteiger partial charge < -0.3 is 14.4 Å². The second-order valence-corrected chi connectivity index (χ2v) is 7.58. The smallest absolute Gasteiger partial charge is 0.199 e. The highest BCUT2D eigenvalue weighted by atomic mass is 32.1. The Labute approximate surface area is 176 Å². The molecule has 4 rings (SSSR count). The van der Waals surface area contributed by atoms with Gasteiger partial charge in [-0.1, -0.05) is 60.7 Å². The molecule has 2 aromatic carbocycles. The number of hydrogen-bond acceptors (Lipinski definition) is 5. The molecule has 1 aromatic heterocycles. The van der Waals surface area contributed by atoms with E-state index >= 15 is 0 Å². The molecule has 152 valence electrons. The van der Waals surface area contributed by atoms with Crippen LogP contribution in [0.3, 0.4) is 0 Å². The minimum atomic E-state index is -0.820. The van der Waals surface area contributed by atoms with Crippen LogP contribution in [-0.2, 0) is 24.4 Å². The molecule has 6 nitrogen and oxygen atoms in total. The Balaban J connectivity index is 1.63. The van der Waals surface area contributed by atoms with Crippen LogP contribution in [0.15, 0.2) is 60.7 Å². The van der Waals surface area contributed by atoms with Crippen molar-refractivity contribution in [3.05, 3.63) is 82.4 Å². The number of benzene rings is 2. The summed E-state index contributed by atoms with van der Waals surface area (Å²) < 4.78 is 9.87. The Kier molecular flexibility index (Phi) is 6.51. The highest BCUT2D eigenvalue weighted by Gasteiger charge is 2.21. The second kappa shape index (κ2) is 9.45. The molecular weight excluding hydrogens is 384 g/mol. The number of aromatic nitrogens is 3. The van der Waals surface area contributed by atoms with Gasteiger partial charge in [-0.05, 0) is 29.8 Å². The summed E-state index contributed by atoms with van der Waals surface area (Å²) in [6, 6.07) is 19.9. The van der Waals surface area contributed by atoms with Crippen LogP contribution in [0.25, 0.3) is 0 Å². The minimum Gasteiger partial charge on any atom is -0.380 e. The van der Waals surface area contributed by atoms with Crippen molar-refractivity contribution in [2.75, 3.05) is 26.3 Å². The normalized spacial score (nSPS) is 16.0. The number of morpholine rings is 1. The Morgan fingerprint density at radius 3 is 2.34 bits per heavy atom. The lowest BCUT2D eigenvalue weighted by Crippen LogP contribution is -2.37. The van der Waals surface area contributed by atoms with Gasteiger partial charge >= 0.3 is 0 Å². The quantitative estimate of drug-likeness (QED) is 0.607. The van der Waals surface area contributed by atoms with Gasteiger partial charge in [0.15, 0.2) is 10.6 Å². The summed E-state index contributed by atoms with van der Waals surface area (Å²) in [4.78, 5) is 2.27. The SMILES string of the molecule is OC(c1ccccc1)c1nn(CN2CCOCC2)c(=S)n1CCc1ccccc1. The second-order valence-electron chi connectivity index (χ2n) is 7.21. The fraction of sp³-hybridized carbons (Fsp3) is 0.364. The fourth-order valence-electron chi connectivity index (χ4n) is 3.56. The minimum absolute atomic E-state index is 0.588. The first-order chi connectivity index (χ1) is 14.2. The van der Waals surface area contributed by atoms with Crippen LogP contribution in [0.5, 0.6) is 0 Å². The van der Waals surface area contributed by atoms with Crippen molar-refractivity contribution in [1.29, 1.82) is 0 Å². The van der Waals surface area contributed by atoms with Crippen molar-refractivity contribution in [1.82, 2.24) is 19.2 Å². The van der Waals surface area contributed by atoms with Crippen molar-refractivity contribution in [2.45, 2.75) is 25.7 Å². The third kappa shape index (κ3) is 4.82. The molecular formula is C22H26N4O2S. The Morgan fingerprint density at radius 1 is 1.00 bits per heavy atom. The van der Waals surface area contributed by atoms with Crippen LogP contribution in [0.4, 0.5) is 0 Å². The zero-order valence-electron chi connectivity index (χ0n) is 16.4. The van der Waals surface area contributed by atoms with E-state index in [2.05, 4.69) is 17.0 Å². The maximum atomic E-state index is 11.0. The van der Waals surface area contributed by atoms with E-state index in [1.54, 1.807) is 0 Å². The molecule has 1 N–H and O–H groups in total. The van der Waals surface area contributed by atoms with Crippen molar-refractivity contribution < 1.29 is 9.84 Å². The monoisotopic (exact) mass is 410 g/mol. The van der Waals surface area contributed by atoms with E-state index in [0.29, 0.717) is 23.8 Å². The van der Waals surface area contributed by atoms with E-state index in [4.69, 9.17) is 22.1 Å². The molecule has 1 aliphatic heterocycles. The van der Waals surface area contributed by atoms with Crippen LogP contribution < -0.4 is 0 Å². The average molecular weight is 411 g/mol. The summed E-state index contributed by atoms with van der Waals surface area (Å²) in [6.07, 6.45) is 0.00649. The molecule has 0 radical (unpaired) electrons. The zero-order valence-corrected chi connectivity index (χ0v) is 17.2. The van der Waals surface area contributed by atoms with Crippen LogP contribution in [0.2, 0.25) is 0 Å². The van der Waals surface area contributed by atoms with Crippen LogP contribution in [0.1, 0.15) is 23.1 Å². The molecule has 0 spiro atoms. The van der Waals surface area contributed by atoms with Crippen LogP contribution in [0, 0.1) is 4.77 Å². The molecule has 3 aromatic rings. The molecule has 1 unspecified atom stereocenters. The highest BCUT2D eigenvalue weighted by Crippen LogP contribution is 2.21. The van der Waals surface area contributed by atoms with Crippen molar-refractivity contribution in [2.24, 2.45) is 0 Å². The summed E-state index contributed by atoms with van der Waals surface area (Å²) in [5.74, 6) is 0.588. The fourth-order valence-corrected chi connectivity index (χ4v) is 3.85. The summed E-state index contributed by atoms with van der Waals surface area (Å²) in [5.41, 5.74) is 2.04. The summed E-state index contributed by atoms with van der Waals surface area (Å²) in [7, 11) is 0. The molecule has 0 bridgehead atoms. The number of rotatable bonds is 7. The molecule has 1 atom stereocenters. The van der Waals surface area contributed by atoms with Gasteiger partial charge in [-0.3, -0.25) is 4.90 Å². The number of hydrogen-bond donors (Lipinski definition) is 1. The molecule has 7 heteroatoms. The first-order valence-corrected chi connectivity index (χ1v) is 10.4. The molecule has 1 aliphatic rings. The van der Waals surface area contributed by atoms with Gasteiger partial charge in [0, 0.05) is 19.6 Å². The maximum Gasteiger partial charge on any atom is 0.199 e. The summed E-state index contributed by atoms with van der Waals surface area (Å²) in [5, 5.41) is 15.8. The maximum absolute atomic E-state index is 11.0. The molecule has 0 saturated carbocycles. The van der Waals surface area contributed by atoms with Gasteiger partial charge in [0.05, 0.1) is 19.9 Å². The van der Waals surface area contributed by atoms with E-state index in [0.717, 1.165) is 38.3 Å². The third-order valence-corrected chi connectivity index (χ3v) is 5.65. The van der Waals surface area contributed by atoms with E-state index in [1.165, 1.54) is 5.56 Å². The number of aliphatic hydroxyl groups is 1. The van der Waals surface area contributed by atoms with Gasteiger partial charge in [-0.15, -0.1) is 0 Å². The van der Waals surface area contributed by atoms with Crippen molar-refractivity contribution >= 4 is 12.2 Å². The highest BCUT2D eigenvalue weighted by molar-refractivity contribution is 7.71. The average Bonchev–Trinajstić information content (AvgIpc) is 3.09. The van der Waals surface area contributed by atoms with Gasteiger partial charge in [0.25, 0.3) is 0 Å². The lowest BCUT2D eigenvalue weighted by atomic mass is 10.1. The first-order valence-electron chi connectivity index (χ1n) is 9.97. The summed E-state index contributed by atoms with van der Waals surface area (Å²) >= 11 is 5.76. The number of aliphatic hydroxyl groups excluding tert-OH is 1. The Bertz CT molecular complexity index is 965. The lowest BCUT2D eigenvalue weighted by molar-refractivity contribution is 0.0208. The van der Waals surface area contributed by atoms with Crippen LogP contribution in [-0.4, -0.2) is 50.7 Å². The van der Waals surface area contributed by atoms with E-state index in [1.807, 2.05) is 57.8 Å². The number of ether oxygens (including phenoxy) is 1. The summed E-state index contributed by atoms with van der Waals surface area (Å²) in [6.45, 7) is 4.44. The van der Waals surface area contributed by atoms with E-state index < -0.39 is 6.10 Å². The predicted molar refractivity (Wildman–Crippen MR) is 114 cm³/mol. The Hall–Kier alpha value is -2.32. The van der Waals surface area contributed by atoms with Crippen LogP contribution >= 0.6 is 12.2 Å². The van der Waals surface area contributed by atoms with Gasteiger partial charge in [-0.25, -0.2) is 4.68 Å². The van der Waals surface area contributed by atoms with Gasteiger partial charge in [0.1, 0.15) is 6.10 Å². The van der Waals surface area contributed by atoms with Crippen molar-refractivity contribution in [3.63, 3.8) is 0 Å². The zero-order chi connectivity index (χ0) is 20.1. The van der Waals surface area contributed by atoms with Gasteiger partial charge in [-0.2, -0.15) is 5.10 Å². The Morgan fingerprint density at radius 2 is 1.66 bits per heavy atom. The largest absolute Gasteiger partial charge is 0.380 e. The van der Waals surface area contributed by atoms with Gasteiger partial charge in [0.2, 0.25) is 0 Å². The number of aryl methyl sites for hydroxylation is 1. The lowest BCUT2D eigenvalue weighted by Gasteiger charge is -2.26. The standard InChI is InChI=1S/C22H26N4O2S/c27-20(19-9-5-2-6-10-19)21-23-26(17-24-13-15-28-16-14-24)22(29)25(21)12-11-18-7-3-1-4-8-18/h1-10,20,27H,11-17H2. The first kappa shape index (κ1) is 20.0. The molecule has 0 amide bonds. The molecule has 29 heavy (non-hydrogen) atoms. The molecule has 1 fully saturated rings. The molecule has 0 aliphatic carbocycles. The number of nitrogens with zero attached hydrogens (tertiary/aromatic N) is 4. The topological polar surface area (TPSA) is 55.5 Å². The third-order valence-electron chi connectivity index (χ3n) is 5.22. The molecule has 2 heterocycles. The van der Waals surface area contributed by atoms with E-state index in [9.17, 15) is 5.11 Å². The van der Waals surface area contributed by atoms with Crippen molar-refractivity contribution in [3.8, 4) is 0 Å². The molecule has 1 saturated heterocycles. The predicted octanol–water partition coefficient (Wildman–Crippen LogP) is 3.03.